The van der Waals surface area contributed by atoms with Crippen LogP contribution < -0.4 is 11.1 Å². The van der Waals surface area contributed by atoms with E-state index in [1.165, 1.54) is 18.6 Å². The number of amides is 1. The predicted octanol–water partition coefficient (Wildman–Crippen LogP) is 4.69. The molecule has 4 aliphatic carbocycles. The maximum Gasteiger partial charge on any atom is 0.251 e. The van der Waals surface area contributed by atoms with Crippen LogP contribution in [0, 0.1) is 17.7 Å². The summed E-state index contributed by atoms with van der Waals surface area (Å²) in [6, 6.07) is 14.0. The van der Waals surface area contributed by atoms with Gasteiger partial charge in [-0.1, -0.05) is 24.3 Å². The fraction of sp³-hybridized carbons (Fsp3) is 0.435. The van der Waals surface area contributed by atoms with Crippen molar-refractivity contribution in [3.63, 3.8) is 0 Å². The van der Waals surface area contributed by atoms with Gasteiger partial charge in [0.05, 0.1) is 0 Å². The molecule has 4 atom stereocenters. The van der Waals surface area contributed by atoms with Crippen LogP contribution in [-0.2, 0) is 0 Å². The normalized spacial score (nSPS) is 32.6. The Kier molecular flexibility index (Phi) is 4.75. The van der Waals surface area contributed by atoms with Crippen molar-refractivity contribution >= 4 is 18.3 Å². The minimum Gasteiger partial charge on any atom is -0.347 e. The minimum atomic E-state index is -0.247. The van der Waals surface area contributed by atoms with Gasteiger partial charge >= 0.3 is 0 Å². The molecule has 4 fully saturated rings. The largest absolute Gasteiger partial charge is 0.347 e. The molecule has 4 bridgehead atoms. The highest BCUT2D eigenvalue weighted by atomic mass is 35.5. The van der Waals surface area contributed by atoms with E-state index in [1.807, 2.05) is 24.3 Å². The molecule has 4 aliphatic rings. The van der Waals surface area contributed by atoms with Crippen molar-refractivity contribution in [2.24, 2.45) is 17.6 Å². The molecule has 1 amide bonds. The van der Waals surface area contributed by atoms with E-state index in [2.05, 4.69) is 5.32 Å². The van der Waals surface area contributed by atoms with E-state index in [4.69, 9.17) is 5.73 Å². The molecule has 2 aromatic rings. The zero-order valence-electron chi connectivity index (χ0n) is 15.8. The number of nitrogens with one attached hydrogen (secondary N) is 1. The third-order valence-corrected chi connectivity index (χ3v) is 6.81. The lowest BCUT2D eigenvalue weighted by Crippen LogP contribution is -2.68. The first-order valence-corrected chi connectivity index (χ1v) is 9.90. The summed E-state index contributed by atoms with van der Waals surface area (Å²) < 4.78 is 13.1. The van der Waals surface area contributed by atoms with Crippen LogP contribution in [0.2, 0.25) is 0 Å². The van der Waals surface area contributed by atoms with Crippen LogP contribution >= 0.6 is 12.4 Å². The third kappa shape index (κ3) is 3.44. The van der Waals surface area contributed by atoms with Crippen LogP contribution in [-0.4, -0.2) is 17.0 Å². The lowest BCUT2D eigenvalue weighted by Gasteiger charge is -2.61. The highest BCUT2D eigenvalue weighted by Gasteiger charge is 2.56. The SMILES string of the molecule is Cl.NC12C[C@H]3C[C@@H](C1)CC(NC(=O)c1ccc(-c4ccc(F)cc4)cc1)(C3)C2. The van der Waals surface area contributed by atoms with Gasteiger partial charge in [-0.15, -0.1) is 12.4 Å². The molecule has 0 radical (unpaired) electrons. The lowest BCUT2D eigenvalue weighted by molar-refractivity contribution is -0.0320. The number of hydrogen-bond donors (Lipinski definition) is 2. The number of carbonyl (C=O) groups excluding carboxylic acids is 1. The summed E-state index contributed by atoms with van der Waals surface area (Å²) >= 11 is 0. The van der Waals surface area contributed by atoms with Gasteiger partial charge in [-0.05, 0) is 85.8 Å². The van der Waals surface area contributed by atoms with Crippen LogP contribution in [0.4, 0.5) is 4.39 Å². The van der Waals surface area contributed by atoms with Gasteiger partial charge in [0.2, 0.25) is 0 Å². The van der Waals surface area contributed by atoms with Gasteiger partial charge in [0, 0.05) is 16.6 Å². The van der Waals surface area contributed by atoms with E-state index >= 15 is 0 Å². The van der Waals surface area contributed by atoms with Crippen molar-refractivity contribution in [2.75, 3.05) is 0 Å². The zero-order chi connectivity index (χ0) is 18.6. The van der Waals surface area contributed by atoms with Crippen molar-refractivity contribution in [3.05, 3.63) is 59.9 Å². The van der Waals surface area contributed by atoms with Gasteiger partial charge in [-0.2, -0.15) is 0 Å². The smallest absolute Gasteiger partial charge is 0.251 e. The average Bonchev–Trinajstić information content (AvgIpc) is 2.60. The minimum absolute atomic E-state index is 0. The Morgan fingerprint density at radius 3 is 2.00 bits per heavy atom. The predicted molar refractivity (Wildman–Crippen MR) is 111 cm³/mol. The average molecular weight is 401 g/mol. The quantitative estimate of drug-likeness (QED) is 0.784. The number of nitrogens with two attached hydrogens (primary N) is 1. The Labute approximate surface area is 171 Å². The van der Waals surface area contributed by atoms with E-state index < -0.39 is 0 Å². The van der Waals surface area contributed by atoms with E-state index in [1.54, 1.807) is 12.1 Å². The Balaban J connectivity index is 0.00000192. The summed E-state index contributed by atoms with van der Waals surface area (Å²) in [5.74, 6) is 1.07. The molecule has 6 rings (SSSR count). The number of benzene rings is 2. The van der Waals surface area contributed by atoms with Crippen molar-refractivity contribution < 1.29 is 9.18 Å². The highest BCUT2D eigenvalue weighted by molar-refractivity contribution is 5.95. The zero-order valence-corrected chi connectivity index (χ0v) is 16.6. The van der Waals surface area contributed by atoms with Gasteiger partial charge in [-0.25, -0.2) is 4.39 Å². The lowest BCUT2D eigenvalue weighted by atomic mass is 9.50. The molecule has 148 valence electrons. The molecule has 4 saturated carbocycles. The van der Waals surface area contributed by atoms with Gasteiger partial charge < -0.3 is 11.1 Å². The molecule has 2 aromatic carbocycles. The van der Waals surface area contributed by atoms with Crippen LogP contribution in [0.1, 0.15) is 48.9 Å². The van der Waals surface area contributed by atoms with E-state index in [0.717, 1.165) is 43.2 Å². The summed E-state index contributed by atoms with van der Waals surface area (Å²) in [6.45, 7) is 0. The second-order valence-corrected chi connectivity index (χ2v) is 9.14. The summed E-state index contributed by atoms with van der Waals surface area (Å²) in [5.41, 5.74) is 9.02. The maximum atomic E-state index is 13.1. The second kappa shape index (κ2) is 6.85. The van der Waals surface area contributed by atoms with Crippen LogP contribution in [0.5, 0.6) is 0 Å². The Hall–Kier alpha value is -1.91. The van der Waals surface area contributed by atoms with Gasteiger partial charge in [0.25, 0.3) is 5.91 Å². The van der Waals surface area contributed by atoms with Gasteiger partial charge in [0.1, 0.15) is 5.82 Å². The summed E-state index contributed by atoms with van der Waals surface area (Å²) in [6.07, 6.45) is 6.57. The molecule has 2 unspecified atom stereocenters. The molecule has 5 heteroatoms. The Morgan fingerprint density at radius 1 is 0.929 bits per heavy atom. The molecular formula is C23H26ClFN2O. The van der Waals surface area contributed by atoms with E-state index in [9.17, 15) is 9.18 Å². The Bertz CT molecular complexity index is 866. The van der Waals surface area contributed by atoms with E-state index in [0.29, 0.717) is 17.4 Å². The van der Waals surface area contributed by atoms with Gasteiger partial charge in [-0.3, -0.25) is 4.79 Å². The fourth-order valence-electron chi connectivity index (χ4n) is 6.25. The number of rotatable bonds is 3. The molecular weight excluding hydrogens is 375 g/mol. The number of hydrogen-bond acceptors (Lipinski definition) is 2. The molecule has 28 heavy (non-hydrogen) atoms. The molecule has 3 nitrogen and oxygen atoms in total. The summed E-state index contributed by atoms with van der Waals surface area (Å²) in [5, 5.41) is 3.36. The second-order valence-electron chi connectivity index (χ2n) is 9.14. The van der Waals surface area contributed by atoms with Crippen LogP contribution in [0.3, 0.4) is 0 Å². The summed E-state index contributed by atoms with van der Waals surface area (Å²) in [4.78, 5) is 12.9. The molecule has 0 spiro atoms. The number of carbonyl (C=O) groups is 1. The van der Waals surface area contributed by atoms with Crippen molar-refractivity contribution in [1.29, 1.82) is 0 Å². The standard InChI is InChI=1S/C23H25FN2O.ClH/c24-20-7-5-18(6-8-20)17-1-3-19(4-2-17)21(27)26-23-12-15-9-16(13-23)11-22(25,10-15)14-23;/h1-8,15-16H,9-14,25H2,(H,26,27);1H/t15-,16+,22?,23?;. The molecule has 0 aromatic heterocycles. The van der Waals surface area contributed by atoms with Crippen molar-refractivity contribution in [3.8, 4) is 11.1 Å². The van der Waals surface area contributed by atoms with E-state index in [-0.39, 0.29) is 35.2 Å². The fourth-order valence-corrected chi connectivity index (χ4v) is 6.25. The maximum absolute atomic E-state index is 13.1. The number of halogens is 2. The molecule has 0 aliphatic heterocycles. The molecule has 0 heterocycles. The topological polar surface area (TPSA) is 55.1 Å². The Morgan fingerprint density at radius 2 is 1.46 bits per heavy atom. The first-order chi connectivity index (χ1) is 12.9. The molecule has 0 saturated heterocycles. The highest BCUT2D eigenvalue weighted by Crippen LogP contribution is 2.56. The van der Waals surface area contributed by atoms with Gasteiger partial charge in [0.15, 0.2) is 0 Å². The van der Waals surface area contributed by atoms with Crippen LogP contribution in [0.25, 0.3) is 11.1 Å². The third-order valence-electron chi connectivity index (χ3n) is 6.81. The van der Waals surface area contributed by atoms with Crippen molar-refractivity contribution in [2.45, 2.75) is 49.6 Å². The monoisotopic (exact) mass is 400 g/mol. The van der Waals surface area contributed by atoms with Crippen LogP contribution in [0.15, 0.2) is 48.5 Å². The first kappa shape index (κ1) is 19.4. The van der Waals surface area contributed by atoms with Crippen molar-refractivity contribution in [1.82, 2.24) is 5.32 Å². The molecule has 3 N–H and O–H groups in total. The summed E-state index contributed by atoms with van der Waals surface area (Å²) in [7, 11) is 0. The first-order valence-electron chi connectivity index (χ1n) is 9.90.